The van der Waals surface area contributed by atoms with Crippen molar-refractivity contribution in [1.29, 1.82) is 0 Å². The monoisotopic (exact) mass is 299 g/mol. The summed E-state index contributed by atoms with van der Waals surface area (Å²) in [4.78, 5) is 23.7. The summed E-state index contributed by atoms with van der Waals surface area (Å²) in [6.45, 7) is 2.63. The molecule has 1 fully saturated rings. The Morgan fingerprint density at radius 1 is 1.05 bits per heavy atom. The first-order chi connectivity index (χ1) is 10.1. The smallest absolute Gasteiger partial charge is 0.407 e. The fraction of sp³-hybridized carbons (Fsp3) is 0.875. The van der Waals surface area contributed by atoms with Gasteiger partial charge in [0.05, 0.1) is 13.7 Å². The number of hydrogen-bond donors (Lipinski definition) is 1. The summed E-state index contributed by atoms with van der Waals surface area (Å²) in [6.07, 6.45) is 9.49. The van der Waals surface area contributed by atoms with Crippen LogP contribution in [0, 0.1) is 0 Å². The first kappa shape index (κ1) is 17.8. The Bertz CT molecular complexity index is 324. The second kappa shape index (κ2) is 9.64. The van der Waals surface area contributed by atoms with Crippen molar-refractivity contribution >= 4 is 12.1 Å². The largest absolute Gasteiger partial charge is 0.464 e. The summed E-state index contributed by atoms with van der Waals surface area (Å²) < 4.78 is 9.98. The normalized spacial score (nSPS) is 16.5. The molecule has 0 aliphatic heterocycles. The molecule has 21 heavy (non-hydrogen) atoms. The summed E-state index contributed by atoms with van der Waals surface area (Å²) in [6, 6.07) is 0. The van der Waals surface area contributed by atoms with Crippen LogP contribution in [0.25, 0.3) is 0 Å². The van der Waals surface area contributed by atoms with Gasteiger partial charge in [-0.15, -0.1) is 0 Å². The van der Waals surface area contributed by atoms with Gasteiger partial charge in [0, 0.05) is 0 Å². The Morgan fingerprint density at radius 3 is 2.29 bits per heavy atom. The quantitative estimate of drug-likeness (QED) is 0.522. The zero-order valence-corrected chi connectivity index (χ0v) is 13.4. The summed E-state index contributed by atoms with van der Waals surface area (Å²) >= 11 is 0. The van der Waals surface area contributed by atoms with Crippen LogP contribution in [0.1, 0.15) is 71.1 Å². The van der Waals surface area contributed by atoms with Crippen molar-refractivity contribution in [3.63, 3.8) is 0 Å². The van der Waals surface area contributed by atoms with E-state index >= 15 is 0 Å². The van der Waals surface area contributed by atoms with E-state index in [0.717, 1.165) is 25.7 Å². The second-order valence-electron chi connectivity index (χ2n) is 5.81. The lowest BCUT2D eigenvalue weighted by Crippen LogP contribution is -2.53. The molecule has 0 saturated heterocycles. The maximum atomic E-state index is 12.3. The van der Waals surface area contributed by atoms with Crippen LogP contribution in [0.15, 0.2) is 0 Å². The minimum atomic E-state index is -0.866. The molecule has 122 valence electrons. The lowest BCUT2D eigenvalue weighted by Gasteiger charge is -2.27. The molecule has 0 spiro atoms. The number of ether oxygens (including phenoxy) is 2. The van der Waals surface area contributed by atoms with Gasteiger partial charge in [0.2, 0.25) is 0 Å². The number of rotatable bonds is 9. The Kier molecular flexibility index (Phi) is 8.16. The fourth-order valence-corrected chi connectivity index (χ4v) is 2.79. The van der Waals surface area contributed by atoms with Crippen LogP contribution in [0.3, 0.4) is 0 Å². The van der Waals surface area contributed by atoms with Crippen molar-refractivity contribution in [2.75, 3.05) is 13.7 Å². The van der Waals surface area contributed by atoms with Crippen LogP contribution in [-0.4, -0.2) is 31.3 Å². The number of carbonyl (C=O) groups is 2. The Balaban J connectivity index is 2.28. The average molecular weight is 299 g/mol. The molecule has 5 heteroatoms. The van der Waals surface area contributed by atoms with E-state index in [1.807, 2.05) is 0 Å². The lowest BCUT2D eigenvalue weighted by molar-refractivity contribution is -0.151. The predicted molar refractivity (Wildman–Crippen MR) is 81.1 cm³/mol. The van der Waals surface area contributed by atoms with Gasteiger partial charge >= 0.3 is 12.1 Å². The Hall–Kier alpha value is -1.26. The fourth-order valence-electron chi connectivity index (χ4n) is 2.79. The van der Waals surface area contributed by atoms with Crippen molar-refractivity contribution in [2.45, 2.75) is 76.7 Å². The molecule has 0 bridgehead atoms. The van der Waals surface area contributed by atoms with Gasteiger partial charge in [0.15, 0.2) is 0 Å². The molecule has 1 amide bonds. The molecule has 1 aliphatic carbocycles. The number of alkyl carbamates (subject to hydrolysis) is 1. The maximum Gasteiger partial charge on any atom is 0.407 e. The number of nitrogens with one attached hydrogen (secondary N) is 1. The maximum absolute atomic E-state index is 12.3. The van der Waals surface area contributed by atoms with E-state index in [4.69, 9.17) is 4.74 Å². The van der Waals surface area contributed by atoms with Gasteiger partial charge in [0.25, 0.3) is 0 Å². The third kappa shape index (κ3) is 5.94. The van der Waals surface area contributed by atoms with Crippen molar-refractivity contribution in [3.8, 4) is 0 Å². The highest BCUT2D eigenvalue weighted by Gasteiger charge is 2.44. The summed E-state index contributed by atoms with van der Waals surface area (Å²) in [7, 11) is 1.31. The van der Waals surface area contributed by atoms with Crippen molar-refractivity contribution in [1.82, 2.24) is 5.32 Å². The van der Waals surface area contributed by atoms with E-state index in [-0.39, 0.29) is 5.97 Å². The molecular weight excluding hydrogens is 270 g/mol. The highest BCUT2D eigenvalue weighted by Crippen LogP contribution is 2.31. The molecular formula is C16H29NO4. The van der Waals surface area contributed by atoms with E-state index in [0.29, 0.717) is 19.4 Å². The highest BCUT2D eigenvalue weighted by atomic mass is 16.5. The van der Waals surface area contributed by atoms with Crippen LogP contribution >= 0.6 is 0 Å². The van der Waals surface area contributed by atoms with Crippen molar-refractivity contribution in [2.24, 2.45) is 0 Å². The van der Waals surface area contributed by atoms with Crippen molar-refractivity contribution < 1.29 is 19.1 Å². The molecule has 1 rings (SSSR count). The third-order valence-corrected chi connectivity index (χ3v) is 4.11. The predicted octanol–water partition coefficient (Wildman–Crippen LogP) is 3.56. The van der Waals surface area contributed by atoms with Gasteiger partial charge < -0.3 is 14.8 Å². The standard InChI is InChI=1S/C16H29NO4/c1-3-4-5-6-7-10-13-21-14(18)16(11-8-9-12-16)17-15(19)20-2/h3-13H2,1-2H3,(H,17,19). The molecule has 0 aromatic carbocycles. The molecule has 1 aliphatic rings. The molecule has 1 N–H and O–H groups in total. The average Bonchev–Trinajstić information content (AvgIpc) is 2.95. The number of esters is 1. The molecule has 1 saturated carbocycles. The van der Waals surface area contributed by atoms with Gasteiger partial charge in [-0.05, 0) is 19.3 Å². The van der Waals surface area contributed by atoms with Crippen LogP contribution in [0.5, 0.6) is 0 Å². The lowest BCUT2D eigenvalue weighted by atomic mass is 9.98. The molecule has 0 aromatic heterocycles. The zero-order chi connectivity index (χ0) is 15.6. The second-order valence-corrected chi connectivity index (χ2v) is 5.81. The molecule has 0 radical (unpaired) electrons. The summed E-state index contributed by atoms with van der Waals surface area (Å²) in [5.74, 6) is -0.307. The van der Waals surface area contributed by atoms with Gasteiger partial charge in [-0.2, -0.15) is 0 Å². The third-order valence-electron chi connectivity index (χ3n) is 4.11. The minimum absolute atomic E-state index is 0.307. The van der Waals surface area contributed by atoms with Crippen LogP contribution in [0.4, 0.5) is 4.79 Å². The van der Waals surface area contributed by atoms with Gasteiger partial charge in [-0.3, -0.25) is 0 Å². The molecule has 0 atom stereocenters. The summed E-state index contributed by atoms with van der Waals surface area (Å²) in [5.41, 5.74) is -0.866. The van der Waals surface area contributed by atoms with E-state index < -0.39 is 11.6 Å². The van der Waals surface area contributed by atoms with E-state index in [1.165, 1.54) is 32.8 Å². The Labute approximate surface area is 127 Å². The SMILES string of the molecule is CCCCCCCCOC(=O)C1(NC(=O)OC)CCCC1. The molecule has 0 aromatic rings. The first-order valence-corrected chi connectivity index (χ1v) is 8.18. The number of methoxy groups -OCH3 is 1. The Morgan fingerprint density at radius 2 is 1.67 bits per heavy atom. The number of amides is 1. The van der Waals surface area contributed by atoms with E-state index in [1.54, 1.807) is 0 Å². The zero-order valence-electron chi connectivity index (χ0n) is 13.4. The van der Waals surface area contributed by atoms with Gasteiger partial charge in [-0.25, -0.2) is 9.59 Å². The topological polar surface area (TPSA) is 64.6 Å². The number of unbranched alkanes of at least 4 members (excludes halogenated alkanes) is 5. The molecule has 0 heterocycles. The van der Waals surface area contributed by atoms with Gasteiger partial charge in [-0.1, -0.05) is 51.9 Å². The van der Waals surface area contributed by atoms with E-state index in [9.17, 15) is 9.59 Å². The molecule has 5 nitrogen and oxygen atoms in total. The number of carbonyl (C=O) groups excluding carboxylic acids is 2. The van der Waals surface area contributed by atoms with Crippen molar-refractivity contribution in [3.05, 3.63) is 0 Å². The van der Waals surface area contributed by atoms with Gasteiger partial charge in [0.1, 0.15) is 5.54 Å². The van der Waals surface area contributed by atoms with Crippen LogP contribution in [-0.2, 0) is 14.3 Å². The van der Waals surface area contributed by atoms with Crippen LogP contribution in [0.2, 0.25) is 0 Å². The molecule has 0 unspecified atom stereocenters. The summed E-state index contributed by atoms with van der Waals surface area (Å²) in [5, 5.41) is 2.67. The minimum Gasteiger partial charge on any atom is -0.464 e. The van der Waals surface area contributed by atoms with E-state index in [2.05, 4.69) is 17.0 Å². The highest BCUT2D eigenvalue weighted by molar-refractivity contribution is 5.86. The first-order valence-electron chi connectivity index (χ1n) is 8.18. The number of hydrogen-bond acceptors (Lipinski definition) is 4. The van der Waals surface area contributed by atoms with Crippen LogP contribution < -0.4 is 5.32 Å².